The number of likely N-dealkylation sites (tertiary alicyclic amines) is 1. The highest BCUT2D eigenvalue weighted by Gasteiger charge is 2.28. The number of anilines is 2. The molecule has 226 valence electrons. The number of benzene rings is 2. The molecule has 3 N–H and O–H groups in total. The van der Waals surface area contributed by atoms with Crippen LogP contribution in [0.1, 0.15) is 46.1 Å². The minimum Gasteiger partial charge on any atom is -0.444 e. The lowest BCUT2D eigenvalue weighted by Crippen LogP contribution is -2.47. The standard InChI is InChI=1S/C33H40N6O4/c1-21-13-14-24-25(10-6-12-27(24)36-19-22(2)40)29(21)42-30-26(11-7-16-34-30)28-15-17-35-31(38-28)37-23-9-8-18-39(20-23)32(41)43-33(3,4)5/h6-7,10-17,22-23,36,40H,8-9,18-20H2,1-5H3,(H,35,37,38)/t22-,23?/m1/s1. The van der Waals surface area contributed by atoms with Gasteiger partial charge in [0.05, 0.1) is 17.4 Å². The number of ether oxygens (including phenoxy) is 2. The minimum absolute atomic E-state index is 0.00361. The Kier molecular flexibility index (Phi) is 8.96. The molecule has 2 atom stereocenters. The van der Waals surface area contributed by atoms with E-state index in [0.29, 0.717) is 42.9 Å². The molecule has 1 unspecified atom stereocenters. The van der Waals surface area contributed by atoms with Gasteiger partial charge >= 0.3 is 6.09 Å². The van der Waals surface area contributed by atoms with Crippen molar-refractivity contribution in [3.63, 3.8) is 0 Å². The number of nitrogens with zero attached hydrogens (tertiary/aromatic N) is 4. The summed E-state index contributed by atoms with van der Waals surface area (Å²) in [6, 6.07) is 15.7. The molecule has 4 aromatic rings. The molecule has 1 amide bonds. The van der Waals surface area contributed by atoms with Crippen molar-refractivity contribution in [2.45, 2.75) is 65.2 Å². The third-order valence-corrected chi connectivity index (χ3v) is 7.10. The number of aryl methyl sites for hydroxylation is 1. The van der Waals surface area contributed by atoms with Crippen LogP contribution in [0.5, 0.6) is 11.6 Å². The molecule has 10 heteroatoms. The molecule has 1 fully saturated rings. The number of aliphatic hydroxyl groups is 1. The number of aliphatic hydroxyl groups excluding tert-OH is 1. The van der Waals surface area contributed by atoms with Crippen LogP contribution >= 0.6 is 0 Å². The van der Waals surface area contributed by atoms with Crippen molar-refractivity contribution >= 4 is 28.5 Å². The fraction of sp³-hybridized carbons (Fsp3) is 0.394. The van der Waals surface area contributed by atoms with Gasteiger partial charge in [0, 0.05) is 54.5 Å². The lowest BCUT2D eigenvalue weighted by molar-refractivity contribution is 0.0206. The maximum atomic E-state index is 12.6. The van der Waals surface area contributed by atoms with E-state index in [-0.39, 0.29) is 12.1 Å². The van der Waals surface area contributed by atoms with E-state index < -0.39 is 11.7 Å². The number of aromatic nitrogens is 3. The van der Waals surface area contributed by atoms with Crippen molar-refractivity contribution in [3.05, 3.63) is 66.5 Å². The number of piperidine rings is 1. The van der Waals surface area contributed by atoms with Crippen LogP contribution in [0.25, 0.3) is 22.0 Å². The Morgan fingerprint density at radius 1 is 1.09 bits per heavy atom. The number of carbonyl (C=O) groups excluding carboxylic acids is 1. The summed E-state index contributed by atoms with van der Waals surface area (Å²) in [7, 11) is 0. The van der Waals surface area contributed by atoms with Crippen molar-refractivity contribution in [1.82, 2.24) is 19.9 Å². The van der Waals surface area contributed by atoms with Crippen LogP contribution in [-0.2, 0) is 4.74 Å². The number of hydrogen-bond acceptors (Lipinski definition) is 9. The summed E-state index contributed by atoms with van der Waals surface area (Å²) in [5, 5.41) is 18.4. The van der Waals surface area contributed by atoms with Gasteiger partial charge < -0.3 is 30.1 Å². The van der Waals surface area contributed by atoms with Gasteiger partial charge in [-0.2, -0.15) is 0 Å². The number of hydrogen-bond donors (Lipinski definition) is 3. The average molecular weight is 585 g/mol. The van der Waals surface area contributed by atoms with E-state index in [0.717, 1.165) is 40.4 Å². The zero-order chi connectivity index (χ0) is 30.6. The monoisotopic (exact) mass is 584 g/mol. The van der Waals surface area contributed by atoms with Crippen molar-refractivity contribution in [1.29, 1.82) is 0 Å². The van der Waals surface area contributed by atoms with E-state index in [4.69, 9.17) is 14.5 Å². The van der Waals surface area contributed by atoms with Gasteiger partial charge in [-0.1, -0.05) is 24.3 Å². The van der Waals surface area contributed by atoms with Crippen LogP contribution < -0.4 is 15.4 Å². The van der Waals surface area contributed by atoms with Crippen molar-refractivity contribution in [3.8, 4) is 22.9 Å². The number of nitrogens with one attached hydrogen (secondary N) is 2. The molecule has 0 spiro atoms. The fourth-order valence-electron chi connectivity index (χ4n) is 5.10. The summed E-state index contributed by atoms with van der Waals surface area (Å²) in [6.45, 7) is 11.0. The Bertz CT molecular complexity index is 1590. The lowest BCUT2D eigenvalue weighted by Gasteiger charge is -2.34. The van der Waals surface area contributed by atoms with Crippen LogP contribution in [0.3, 0.4) is 0 Å². The third kappa shape index (κ3) is 7.50. The van der Waals surface area contributed by atoms with Crippen LogP contribution in [-0.4, -0.2) is 68.4 Å². The first kappa shape index (κ1) is 30.0. The first-order valence-electron chi connectivity index (χ1n) is 14.7. The molecule has 0 aliphatic carbocycles. The highest BCUT2D eigenvalue weighted by molar-refractivity contribution is 5.98. The molecule has 0 saturated carbocycles. The van der Waals surface area contributed by atoms with Crippen LogP contribution in [0.2, 0.25) is 0 Å². The SMILES string of the molecule is Cc1ccc2c(NC[C@@H](C)O)cccc2c1Oc1ncccc1-c1ccnc(NC2CCCN(C(=O)OC(C)(C)C)C2)n1. The van der Waals surface area contributed by atoms with E-state index in [1.165, 1.54) is 0 Å². The van der Waals surface area contributed by atoms with Gasteiger partial charge in [0.1, 0.15) is 11.4 Å². The maximum absolute atomic E-state index is 12.6. The second-order valence-electron chi connectivity index (χ2n) is 12.0. The number of fused-ring (bicyclic) bond motifs is 1. The molecule has 1 aliphatic rings. The smallest absolute Gasteiger partial charge is 0.410 e. The number of rotatable bonds is 8. The summed E-state index contributed by atoms with van der Waals surface area (Å²) < 4.78 is 12.1. The quantitative estimate of drug-likeness (QED) is 0.216. The lowest BCUT2D eigenvalue weighted by atomic mass is 10.0. The van der Waals surface area contributed by atoms with Crippen LogP contribution in [0.4, 0.5) is 16.4 Å². The molecule has 2 aromatic carbocycles. The van der Waals surface area contributed by atoms with Gasteiger partial charge in [0.15, 0.2) is 0 Å². The largest absolute Gasteiger partial charge is 0.444 e. The zero-order valence-electron chi connectivity index (χ0n) is 25.4. The summed E-state index contributed by atoms with van der Waals surface area (Å²) in [4.78, 5) is 28.2. The maximum Gasteiger partial charge on any atom is 0.410 e. The first-order chi connectivity index (χ1) is 20.6. The van der Waals surface area contributed by atoms with Gasteiger partial charge in [-0.05, 0) is 77.3 Å². The third-order valence-electron chi connectivity index (χ3n) is 7.10. The predicted molar refractivity (Wildman–Crippen MR) is 169 cm³/mol. The second kappa shape index (κ2) is 12.8. The van der Waals surface area contributed by atoms with Crippen LogP contribution in [0.15, 0.2) is 60.9 Å². The van der Waals surface area contributed by atoms with E-state index >= 15 is 0 Å². The summed E-state index contributed by atoms with van der Waals surface area (Å²) in [5.74, 6) is 1.60. The fourth-order valence-corrected chi connectivity index (χ4v) is 5.10. The molecule has 5 rings (SSSR count). The molecule has 1 saturated heterocycles. The molecular weight excluding hydrogens is 544 g/mol. The Morgan fingerprint density at radius 3 is 2.72 bits per heavy atom. The molecule has 43 heavy (non-hydrogen) atoms. The molecular formula is C33H40N6O4. The van der Waals surface area contributed by atoms with Gasteiger partial charge in [-0.25, -0.2) is 19.7 Å². The summed E-state index contributed by atoms with van der Waals surface area (Å²) in [6.07, 6.45) is 4.38. The second-order valence-corrected chi connectivity index (χ2v) is 12.0. The van der Waals surface area contributed by atoms with Crippen molar-refractivity contribution < 1.29 is 19.4 Å². The molecule has 2 aromatic heterocycles. The molecule has 0 bridgehead atoms. The van der Waals surface area contributed by atoms with Gasteiger partial charge in [-0.3, -0.25) is 0 Å². The molecule has 0 radical (unpaired) electrons. The van der Waals surface area contributed by atoms with Crippen LogP contribution in [0, 0.1) is 6.92 Å². The molecule has 3 heterocycles. The summed E-state index contributed by atoms with van der Waals surface area (Å²) in [5.41, 5.74) is 2.74. The van der Waals surface area contributed by atoms with Crippen molar-refractivity contribution in [2.24, 2.45) is 0 Å². The first-order valence-corrected chi connectivity index (χ1v) is 14.7. The van der Waals surface area contributed by atoms with Gasteiger partial charge in [-0.15, -0.1) is 0 Å². The van der Waals surface area contributed by atoms with E-state index in [1.54, 1.807) is 24.2 Å². The highest BCUT2D eigenvalue weighted by atomic mass is 16.6. The Hall–Kier alpha value is -4.44. The van der Waals surface area contributed by atoms with Gasteiger partial charge in [0.25, 0.3) is 0 Å². The highest BCUT2D eigenvalue weighted by Crippen LogP contribution is 2.38. The number of carbonyl (C=O) groups is 1. The van der Waals surface area contributed by atoms with E-state index in [1.807, 2.05) is 70.2 Å². The topological polar surface area (TPSA) is 122 Å². The zero-order valence-corrected chi connectivity index (χ0v) is 25.4. The van der Waals surface area contributed by atoms with E-state index in [9.17, 15) is 9.90 Å². The van der Waals surface area contributed by atoms with E-state index in [2.05, 4.69) is 26.7 Å². The van der Waals surface area contributed by atoms with Gasteiger partial charge in [0.2, 0.25) is 11.8 Å². The summed E-state index contributed by atoms with van der Waals surface area (Å²) >= 11 is 0. The normalized spacial score (nSPS) is 16.0. The Labute approximate surface area is 252 Å². The number of amides is 1. The number of pyridine rings is 1. The Morgan fingerprint density at radius 2 is 1.93 bits per heavy atom. The predicted octanol–water partition coefficient (Wildman–Crippen LogP) is 6.40. The molecule has 1 aliphatic heterocycles. The Balaban J connectivity index is 1.38. The average Bonchev–Trinajstić information content (AvgIpc) is 2.97. The minimum atomic E-state index is -0.541. The van der Waals surface area contributed by atoms with Crippen molar-refractivity contribution in [2.75, 3.05) is 30.3 Å². The molecule has 10 nitrogen and oxygen atoms in total.